The number of benzene rings is 1. The maximum atomic E-state index is 12.8. The van der Waals surface area contributed by atoms with E-state index >= 15 is 0 Å². The Morgan fingerprint density at radius 3 is 2.55 bits per heavy atom. The molecule has 2 aromatic heterocycles. The Kier molecular flexibility index (Phi) is 7.42. The van der Waals surface area contributed by atoms with Gasteiger partial charge in [-0.3, -0.25) is 4.79 Å². The summed E-state index contributed by atoms with van der Waals surface area (Å²) in [6, 6.07) is 10.5. The molecular weight excluding hydrogens is 461 g/mol. The van der Waals surface area contributed by atoms with E-state index in [9.17, 15) is 9.90 Å². The number of hydrogen-bond acceptors (Lipinski definition) is 7. The van der Waals surface area contributed by atoms with Gasteiger partial charge in [0.25, 0.3) is 0 Å². The molecule has 0 radical (unpaired) electrons. The summed E-state index contributed by atoms with van der Waals surface area (Å²) < 4.78 is 0. The standard InChI is InChI=1S/C24H25Cl2N5O2/c1-2-16-14-22(30-24(28-16)31-10-7-17(32)8-11-31)29-21-13-15(6-9-27-21)12-20(33)23-18(25)4-3-5-19(23)26/h3-6,9,13-14,17,32H,2,7-8,10-12H2,1H3,(H,27,28,29,30). The average molecular weight is 486 g/mol. The van der Waals surface area contributed by atoms with E-state index in [4.69, 9.17) is 23.2 Å². The summed E-state index contributed by atoms with van der Waals surface area (Å²) in [4.78, 5) is 28.6. The topological polar surface area (TPSA) is 91.2 Å². The number of nitrogens with zero attached hydrogens (tertiary/aromatic N) is 4. The molecule has 7 nitrogen and oxygen atoms in total. The van der Waals surface area contributed by atoms with Gasteiger partial charge in [-0.15, -0.1) is 0 Å². The molecule has 33 heavy (non-hydrogen) atoms. The number of aryl methyl sites for hydroxylation is 1. The molecule has 3 aromatic rings. The molecule has 0 unspecified atom stereocenters. The van der Waals surface area contributed by atoms with E-state index in [2.05, 4.69) is 25.2 Å². The van der Waals surface area contributed by atoms with E-state index in [-0.39, 0.29) is 18.3 Å². The van der Waals surface area contributed by atoms with Gasteiger partial charge in [-0.25, -0.2) is 9.97 Å². The van der Waals surface area contributed by atoms with E-state index in [0.29, 0.717) is 59.1 Å². The Hall–Kier alpha value is -2.74. The van der Waals surface area contributed by atoms with Crippen LogP contribution in [0.3, 0.4) is 0 Å². The van der Waals surface area contributed by atoms with Gasteiger partial charge >= 0.3 is 0 Å². The van der Waals surface area contributed by atoms with Crippen molar-refractivity contribution in [3.05, 3.63) is 69.5 Å². The van der Waals surface area contributed by atoms with E-state index in [1.54, 1.807) is 30.5 Å². The van der Waals surface area contributed by atoms with Crippen LogP contribution in [0, 0.1) is 0 Å². The lowest BCUT2D eigenvalue weighted by Crippen LogP contribution is -2.37. The van der Waals surface area contributed by atoms with Gasteiger partial charge in [-0.05, 0) is 49.1 Å². The van der Waals surface area contributed by atoms with Crippen LogP contribution < -0.4 is 10.2 Å². The molecule has 172 valence electrons. The third-order valence-electron chi connectivity index (χ3n) is 5.56. The zero-order valence-corrected chi connectivity index (χ0v) is 19.8. The number of nitrogens with one attached hydrogen (secondary N) is 1. The molecule has 3 heterocycles. The second-order valence-electron chi connectivity index (χ2n) is 7.99. The van der Waals surface area contributed by atoms with Crippen molar-refractivity contribution in [1.82, 2.24) is 15.0 Å². The van der Waals surface area contributed by atoms with Crippen LogP contribution in [0.5, 0.6) is 0 Å². The van der Waals surface area contributed by atoms with E-state index < -0.39 is 0 Å². The summed E-state index contributed by atoms with van der Waals surface area (Å²) in [7, 11) is 0. The Balaban J connectivity index is 1.52. The number of piperidine rings is 1. The number of aliphatic hydroxyl groups excluding tert-OH is 1. The Morgan fingerprint density at radius 2 is 1.85 bits per heavy atom. The summed E-state index contributed by atoms with van der Waals surface area (Å²) in [5.41, 5.74) is 2.02. The lowest BCUT2D eigenvalue weighted by atomic mass is 10.0. The number of Topliss-reactive ketones (excluding diaryl/α,β-unsaturated/α-hetero) is 1. The number of hydrogen-bond donors (Lipinski definition) is 2. The number of rotatable bonds is 7. The number of halogens is 2. The SMILES string of the molecule is CCc1cc(Nc2cc(CC(=O)c3c(Cl)cccc3Cl)ccn2)nc(N2CCC(O)CC2)n1. The molecular formula is C24H25Cl2N5O2. The Labute approximate surface area is 202 Å². The molecule has 0 amide bonds. The monoisotopic (exact) mass is 485 g/mol. The van der Waals surface area contributed by atoms with Crippen LogP contribution in [-0.4, -0.2) is 45.0 Å². The summed E-state index contributed by atoms with van der Waals surface area (Å²) in [6.07, 6.45) is 3.70. The third kappa shape index (κ3) is 5.79. The van der Waals surface area contributed by atoms with Crippen LogP contribution >= 0.6 is 23.2 Å². The number of pyridine rings is 1. The highest BCUT2D eigenvalue weighted by Gasteiger charge is 2.20. The fourth-order valence-electron chi connectivity index (χ4n) is 3.76. The van der Waals surface area contributed by atoms with Gasteiger partial charge < -0.3 is 15.3 Å². The average Bonchev–Trinajstić information content (AvgIpc) is 2.79. The minimum absolute atomic E-state index is 0.145. The molecule has 0 atom stereocenters. The predicted molar refractivity (Wildman–Crippen MR) is 131 cm³/mol. The van der Waals surface area contributed by atoms with Gasteiger partial charge in [0.1, 0.15) is 11.6 Å². The molecule has 0 saturated carbocycles. The largest absolute Gasteiger partial charge is 0.393 e. The number of aromatic nitrogens is 3. The van der Waals surface area contributed by atoms with E-state index in [1.165, 1.54) is 0 Å². The molecule has 0 spiro atoms. The molecule has 2 N–H and O–H groups in total. The normalized spacial score (nSPS) is 14.4. The number of ketones is 1. The second kappa shape index (κ2) is 10.5. The highest BCUT2D eigenvalue weighted by atomic mass is 35.5. The highest BCUT2D eigenvalue weighted by molar-refractivity contribution is 6.39. The molecule has 0 bridgehead atoms. The maximum absolute atomic E-state index is 12.8. The van der Waals surface area contributed by atoms with Crippen molar-refractivity contribution in [1.29, 1.82) is 0 Å². The summed E-state index contributed by atoms with van der Waals surface area (Å²) in [6.45, 7) is 3.47. The van der Waals surface area contributed by atoms with Gasteiger partial charge in [-0.1, -0.05) is 36.2 Å². The predicted octanol–water partition coefficient (Wildman–Crippen LogP) is 4.87. The van der Waals surface area contributed by atoms with E-state index in [0.717, 1.165) is 17.7 Å². The first-order valence-corrected chi connectivity index (χ1v) is 11.7. The number of aliphatic hydroxyl groups is 1. The molecule has 9 heteroatoms. The van der Waals surface area contributed by atoms with E-state index in [1.807, 2.05) is 19.1 Å². The van der Waals surface area contributed by atoms with Crippen molar-refractivity contribution in [3.8, 4) is 0 Å². The van der Waals surface area contributed by atoms with Crippen molar-refractivity contribution in [2.75, 3.05) is 23.3 Å². The molecule has 1 aromatic carbocycles. The number of carbonyl (C=O) groups excluding carboxylic acids is 1. The second-order valence-corrected chi connectivity index (χ2v) is 8.80. The first-order chi connectivity index (χ1) is 15.9. The van der Waals surface area contributed by atoms with Crippen molar-refractivity contribution >= 4 is 46.6 Å². The zero-order chi connectivity index (χ0) is 23.4. The van der Waals surface area contributed by atoms with Crippen LogP contribution in [0.25, 0.3) is 0 Å². The highest BCUT2D eigenvalue weighted by Crippen LogP contribution is 2.26. The first-order valence-electron chi connectivity index (χ1n) is 10.9. The van der Waals surface area contributed by atoms with Crippen molar-refractivity contribution < 1.29 is 9.90 Å². The van der Waals surface area contributed by atoms with Gasteiger partial charge in [0, 0.05) is 37.5 Å². The fraction of sp³-hybridized carbons (Fsp3) is 0.333. The zero-order valence-electron chi connectivity index (χ0n) is 18.3. The Bertz CT molecular complexity index is 1130. The van der Waals surface area contributed by atoms with Crippen molar-refractivity contribution in [2.45, 2.75) is 38.7 Å². The molecule has 1 fully saturated rings. The third-order valence-corrected chi connectivity index (χ3v) is 6.19. The van der Waals surface area contributed by atoms with Crippen LogP contribution in [0.1, 0.15) is 41.4 Å². The van der Waals surface area contributed by atoms with Crippen molar-refractivity contribution in [3.63, 3.8) is 0 Å². The molecule has 4 rings (SSSR count). The molecule has 1 aliphatic heterocycles. The van der Waals surface area contributed by atoms with Crippen LogP contribution in [0.4, 0.5) is 17.6 Å². The van der Waals surface area contributed by atoms with Gasteiger partial charge in [0.15, 0.2) is 5.78 Å². The molecule has 0 aliphatic carbocycles. The minimum Gasteiger partial charge on any atom is -0.393 e. The van der Waals surface area contributed by atoms with Gasteiger partial charge in [-0.2, -0.15) is 4.98 Å². The maximum Gasteiger partial charge on any atom is 0.227 e. The fourth-order valence-corrected chi connectivity index (χ4v) is 4.37. The summed E-state index contributed by atoms with van der Waals surface area (Å²) in [5.74, 6) is 1.69. The lowest BCUT2D eigenvalue weighted by Gasteiger charge is -2.30. The van der Waals surface area contributed by atoms with Crippen molar-refractivity contribution in [2.24, 2.45) is 0 Å². The lowest BCUT2D eigenvalue weighted by molar-refractivity contribution is 0.0993. The van der Waals surface area contributed by atoms with Crippen LogP contribution in [0.15, 0.2) is 42.6 Å². The Morgan fingerprint density at radius 1 is 1.12 bits per heavy atom. The first kappa shape index (κ1) is 23.4. The molecule has 1 aliphatic rings. The van der Waals surface area contributed by atoms with Crippen LogP contribution in [-0.2, 0) is 12.8 Å². The van der Waals surface area contributed by atoms with Gasteiger partial charge in [0.05, 0.1) is 21.7 Å². The number of carbonyl (C=O) groups is 1. The summed E-state index contributed by atoms with van der Waals surface area (Å²) in [5, 5.41) is 13.7. The smallest absolute Gasteiger partial charge is 0.227 e. The number of anilines is 3. The minimum atomic E-state index is -0.261. The van der Waals surface area contributed by atoms with Gasteiger partial charge in [0.2, 0.25) is 5.95 Å². The summed E-state index contributed by atoms with van der Waals surface area (Å²) >= 11 is 12.4. The quantitative estimate of drug-likeness (QED) is 0.461. The van der Waals surface area contributed by atoms with Crippen LogP contribution in [0.2, 0.25) is 10.0 Å². The molecule has 1 saturated heterocycles.